The Morgan fingerprint density at radius 3 is 1.45 bits per heavy atom. The van der Waals surface area contributed by atoms with Gasteiger partial charge in [0.15, 0.2) is 0 Å². The van der Waals surface area contributed by atoms with Crippen LogP contribution in [0, 0.1) is 0 Å². The first kappa shape index (κ1) is 30.2. The Kier molecular flexibility index (Phi) is 17.2. The molecule has 1 N–H and O–H groups in total. The molecule has 0 fully saturated rings. The number of halogens is 3. The van der Waals surface area contributed by atoms with Crippen LogP contribution in [0.1, 0.15) is 116 Å². The van der Waals surface area contributed by atoms with Gasteiger partial charge in [0.1, 0.15) is 5.75 Å². The van der Waals surface area contributed by atoms with Crippen molar-refractivity contribution in [2.45, 2.75) is 128 Å². The van der Waals surface area contributed by atoms with E-state index in [2.05, 4.69) is 11.7 Å². The van der Waals surface area contributed by atoms with Crippen LogP contribution in [0.2, 0.25) is 0 Å². The lowest BCUT2D eigenvalue weighted by atomic mass is 10.0. The molecular formula is C22H41F3O5S. The number of ether oxygens (including phenoxy) is 1. The highest BCUT2D eigenvalue weighted by Crippen LogP contribution is 2.25. The average Bonchev–Trinajstić information content (AvgIpc) is 2.65. The summed E-state index contributed by atoms with van der Waals surface area (Å²) in [7, 11) is -4.90. The number of unbranched alkanes of at least 4 members (excludes halogenated alkanes) is 15. The van der Waals surface area contributed by atoms with Gasteiger partial charge in [-0.15, -0.1) is 0 Å². The maximum absolute atomic E-state index is 12.7. The Labute approximate surface area is 186 Å². The van der Waals surface area contributed by atoms with Gasteiger partial charge >= 0.3 is 12.1 Å². The molecule has 0 aromatic heterocycles. The second-order valence-electron chi connectivity index (χ2n) is 8.32. The zero-order valence-electron chi connectivity index (χ0n) is 18.9. The fraction of sp³-hybridized carbons (Fsp3) is 0.955. The maximum atomic E-state index is 12.7. The molecule has 0 spiro atoms. The summed E-state index contributed by atoms with van der Waals surface area (Å²) in [6.45, 7) is 2.23. The highest BCUT2D eigenvalue weighted by molar-refractivity contribution is 7.85. The maximum Gasteiger partial charge on any atom is 0.426 e. The van der Waals surface area contributed by atoms with Crippen LogP contribution in [0.3, 0.4) is 0 Å². The number of carbonyl (C=O) groups excluding carboxylic acids is 1. The predicted molar refractivity (Wildman–Crippen MR) is 117 cm³/mol. The van der Waals surface area contributed by atoms with E-state index >= 15 is 0 Å². The molecule has 0 saturated heterocycles. The monoisotopic (exact) mass is 474 g/mol. The molecule has 0 aliphatic carbocycles. The van der Waals surface area contributed by atoms with Crippen LogP contribution in [-0.2, 0) is 19.6 Å². The summed E-state index contributed by atoms with van der Waals surface area (Å²) in [5, 5.41) is 0. The summed E-state index contributed by atoms with van der Waals surface area (Å²) in [5.41, 5.74) is 0. The summed E-state index contributed by atoms with van der Waals surface area (Å²) in [6.07, 6.45) is 10.4. The third-order valence-corrected chi connectivity index (χ3v) is 5.96. The summed E-state index contributed by atoms with van der Waals surface area (Å²) in [4.78, 5) is 11.5. The molecule has 0 bridgehead atoms. The van der Waals surface area contributed by atoms with Crippen LogP contribution < -0.4 is 0 Å². The van der Waals surface area contributed by atoms with E-state index in [1.807, 2.05) is 0 Å². The Hall–Kier alpha value is -0.830. The molecule has 9 heteroatoms. The van der Waals surface area contributed by atoms with Crippen molar-refractivity contribution in [2.24, 2.45) is 0 Å². The highest BCUT2D eigenvalue weighted by Gasteiger charge is 2.45. The van der Waals surface area contributed by atoms with Gasteiger partial charge in [-0.3, -0.25) is 9.35 Å². The number of carbonyl (C=O) groups is 1. The van der Waals surface area contributed by atoms with Crippen molar-refractivity contribution >= 4 is 16.1 Å². The van der Waals surface area contributed by atoms with Crippen molar-refractivity contribution in [1.82, 2.24) is 0 Å². The first-order chi connectivity index (χ1) is 14.6. The van der Waals surface area contributed by atoms with Crippen LogP contribution >= 0.6 is 0 Å². The molecule has 5 nitrogen and oxygen atoms in total. The Bertz CT molecular complexity index is 550. The molecule has 186 valence electrons. The van der Waals surface area contributed by atoms with Crippen LogP contribution in [0.15, 0.2) is 0 Å². The van der Waals surface area contributed by atoms with Gasteiger partial charge in [-0.2, -0.15) is 21.6 Å². The van der Waals surface area contributed by atoms with E-state index < -0.39 is 34.1 Å². The average molecular weight is 475 g/mol. The second kappa shape index (κ2) is 17.7. The molecule has 0 saturated carbocycles. The van der Waals surface area contributed by atoms with Gasteiger partial charge in [0, 0.05) is 6.42 Å². The molecule has 0 heterocycles. The molecule has 0 aliphatic heterocycles. The van der Waals surface area contributed by atoms with Crippen LogP contribution in [0.4, 0.5) is 13.2 Å². The third-order valence-electron chi connectivity index (χ3n) is 5.24. The number of hydrogen-bond acceptors (Lipinski definition) is 4. The fourth-order valence-corrected chi connectivity index (χ4v) is 4.06. The summed E-state index contributed by atoms with van der Waals surface area (Å²) in [6, 6.07) is 0. The summed E-state index contributed by atoms with van der Waals surface area (Å²) >= 11 is 0. The first-order valence-corrected chi connectivity index (χ1v) is 13.4. The lowest BCUT2D eigenvalue weighted by molar-refractivity contribution is -0.215. The molecule has 31 heavy (non-hydrogen) atoms. The lowest BCUT2D eigenvalue weighted by Gasteiger charge is -2.19. The van der Waals surface area contributed by atoms with Crippen molar-refractivity contribution in [3.63, 3.8) is 0 Å². The lowest BCUT2D eigenvalue weighted by Crippen LogP contribution is -2.39. The predicted octanol–water partition coefficient (Wildman–Crippen LogP) is 7.00. The van der Waals surface area contributed by atoms with E-state index in [-0.39, 0.29) is 6.42 Å². The smallest absolute Gasteiger partial charge is 0.426 e. The number of esters is 1. The highest BCUT2D eigenvalue weighted by atomic mass is 32.2. The van der Waals surface area contributed by atoms with E-state index in [1.165, 1.54) is 70.6 Å². The molecule has 0 aromatic carbocycles. The second-order valence-corrected chi connectivity index (χ2v) is 9.82. The molecule has 0 aliphatic rings. The Morgan fingerprint density at radius 1 is 0.774 bits per heavy atom. The van der Waals surface area contributed by atoms with E-state index in [0.717, 1.165) is 19.3 Å². The van der Waals surface area contributed by atoms with Crippen LogP contribution in [0.5, 0.6) is 0 Å². The zero-order chi connectivity index (χ0) is 23.6. The molecule has 0 rings (SSSR count). The minimum absolute atomic E-state index is 0.198. The standard InChI is InChI=1S/C22H41F3O5S/c1-2-3-4-5-6-7-8-9-10-11-12-13-14-15-16-17-18-21(26)30-20(22(23,24)25)19-31(27,28)29/h20H,2-19H2,1H3,(H,27,28,29). The number of hydrogen-bond donors (Lipinski definition) is 1. The normalized spacial score (nSPS) is 13.3. The molecule has 0 aromatic rings. The summed E-state index contributed by atoms with van der Waals surface area (Å²) in [5.74, 6) is -2.78. The van der Waals surface area contributed by atoms with Crippen molar-refractivity contribution in [3.05, 3.63) is 0 Å². The van der Waals surface area contributed by atoms with Gasteiger partial charge < -0.3 is 4.74 Å². The van der Waals surface area contributed by atoms with Gasteiger partial charge in [0.05, 0.1) is 0 Å². The fourth-order valence-electron chi connectivity index (χ4n) is 3.42. The van der Waals surface area contributed by atoms with E-state index in [9.17, 15) is 26.4 Å². The first-order valence-electron chi connectivity index (χ1n) is 11.8. The third kappa shape index (κ3) is 20.8. The van der Waals surface area contributed by atoms with Gasteiger partial charge in [-0.1, -0.05) is 103 Å². The molecule has 0 radical (unpaired) electrons. The largest absolute Gasteiger partial charge is 0.451 e. The Balaban J connectivity index is 3.58. The van der Waals surface area contributed by atoms with Crippen molar-refractivity contribution < 1.29 is 35.7 Å². The van der Waals surface area contributed by atoms with Crippen LogP contribution in [-0.4, -0.2) is 37.0 Å². The van der Waals surface area contributed by atoms with Crippen molar-refractivity contribution in [3.8, 4) is 0 Å². The minimum Gasteiger partial charge on any atom is -0.451 e. The SMILES string of the molecule is CCCCCCCCCCCCCCCCCCC(=O)OC(CS(=O)(=O)O)C(F)(F)F. The quantitative estimate of drug-likeness (QED) is 0.117. The van der Waals surface area contributed by atoms with Gasteiger partial charge in [0.2, 0.25) is 6.10 Å². The van der Waals surface area contributed by atoms with E-state index in [0.29, 0.717) is 12.8 Å². The molecule has 0 amide bonds. The van der Waals surface area contributed by atoms with Gasteiger partial charge in [0.25, 0.3) is 10.1 Å². The number of alkyl halides is 3. The van der Waals surface area contributed by atoms with Gasteiger partial charge in [-0.05, 0) is 6.42 Å². The van der Waals surface area contributed by atoms with E-state index in [1.54, 1.807) is 0 Å². The van der Waals surface area contributed by atoms with Crippen LogP contribution in [0.25, 0.3) is 0 Å². The Morgan fingerprint density at radius 2 is 1.13 bits per heavy atom. The minimum atomic E-state index is -5.04. The van der Waals surface area contributed by atoms with E-state index in [4.69, 9.17) is 4.55 Å². The van der Waals surface area contributed by atoms with Gasteiger partial charge in [-0.25, -0.2) is 0 Å². The van der Waals surface area contributed by atoms with Crippen molar-refractivity contribution in [1.29, 1.82) is 0 Å². The zero-order valence-corrected chi connectivity index (χ0v) is 19.7. The molecule has 1 atom stereocenters. The molecular weight excluding hydrogens is 433 g/mol. The summed E-state index contributed by atoms with van der Waals surface area (Å²) < 4.78 is 72.2. The number of rotatable bonds is 20. The molecule has 1 unspecified atom stereocenters. The topological polar surface area (TPSA) is 80.7 Å². The van der Waals surface area contributed by atoms with Crippen molar-refractivity contribution in [2.75, 3.05) is 5.75 Å².